The van der Waals surface area contributed by atoms with Crippen molar-refractivity contribution >= 4 is 15.8 Å². The predicted octanol–water partition coefficient (Wildman–Crippen LogP) is 1.05. The third kappa shape index (κ3) is 3.67. The largest absolute Gasteiger partial charge is 0.369 e. The van der Waals surface area contributed by atoms with Gasteiger partial charge in [-0.2, -0.15) is 0 Å². The molecule has 1 heterocycles. The van der Waals surface area contributed by atoms with Crippen molar-refractivity contribution in [2.24, 2.45) is 0 Å². The van der Waals surface area contributed by atoms with E-state index in [2.05, 4.69) is 15.3 Å². The molecular formula is C13H22N4O2S. The van der Waals surface area contributed by atoms with Crippen molar-refractivity contribution in [1.82, 2.24) is 14.3 Å². The second-order valence-electron chi connectivity index (χ2n) is 5.23. The van der Waals surface area contributed by atoms with Crippen LogP contribution in [0.5, 0.6) is 0 Å². The molecule has 0 radical (unpaired) electrons. The summed E-state index contributed by atoms with van der Waals surface area (Å²) in [6.45, 7) is 0.365. The summed E-state index contributed by atoms with van der Waals surface area (Å²) in [5.74, 6) is 0.865. The minimum Gasteiger partial charge on any atom is -0.369 e. The number of hydrogen-bond acceptors (Lipinski definition) is 5. The van der Waals surface area contributed by atoms with Crippen LogP contribution in [0.25, 0.3) is 0 Å². The molecule has 0 amide bonds. The van der Waals surface area contributed by atoms with Crippen LogP contribution in [0.3, 0.4) is 0 Å². The lowest BCUT2D eigenvalue weighted by molar-refractivity contribution is 0.521. The highest BCUT2D eigenvalue weighted by Crippen LogP contribution is 2.23. The van der Waals surface area contributed by atoms with Gasteiger partial charge in [-0.1, -0.05) is 6.42 Å². The van der Waals surface area contributed by atoms with Crippen molar-refractivity contribution in [3.8, 4) is 0 Å². The van der Waals surface area contributed by atoms with Crippen LogP contribution in [-0.4, -0.2) is 49.1 Å². The van der Waals surface area contributed by atoms with Gasteiger partial charge >= 0.3 is 0 Å². The van der Waals surface area contributed by atoms with Gasteiger partial charge < -0.3 is 5.32 Å². The molecule has 0 aliphatic heterocycles. The Labute approximate surface area is 120 Å². The molecule has 0 saturated carbocycles. The maximum absolute atomic E-state index is 11.7. The molecule has 0 fully saturated rings. The summed E-state index contributed by atoms with van der Waals surface area (Å²) in [6, 6.07) is 0. The van der Waals surface area contributed by atoms with E-state index >= 15 is 0 Å². The normalized spacial score (nSPS) is 15.8. The summed E-state index contributed by atoms with van der Waals surface area (Å²) in [7, 11) is -0.0740. The van der Waals surface area contributed by atoms with Gasteiger partial charge in [0.1, 0.15) is 12.1 Å². The Morgan fingerprint density at radius 3 is 2.70 bits per heavy atom. The number of aromatic nitrogens is 2. The molecule has 0 saturated heterocycles. The third-order valence-corrected chi connectivity index (χ3v) is 5.42. The Balaban J connectivity index is 2.04. The molecule has 0 atom stereocenters. The molecule has 0 bridgehead atoms. The average Bonchev–Trinajstić information content (AvgIpc) is 2.64. The van der Waals surface area contributed by atoms with E-state index in [1.807, 2.05) is 0 Å². The molecule has 0 unspecified atom stereocenters. The highest BCUT2D eigenvalue weighted by Gasteiger charge is 2.16. The van der Waals surface area contributed by atoms with Gasteiger partial charge in [0.05, 0.1) is 5.75 Å². The smallest absolute Gasteiger partial charge is 0.215 e. The molecule has 6 nitrogen and oxygen atoms in total. The molecule has 1 aromatic heterocycles. The maximum atomic E-state index is 11.7. The fourth-order valence-electron chi connectivity index (χ4n) is 2.33. The Kier molecular flexibility index (Phi) is 4.93. The Bertz CT molecular complexity index is 557. The molecular weight excluding hydrogens is 276 g/mol. The van der Waals surface area contributed by atoms with Crippen molar-refractivity contribution in [1.29, 1.82) is 0 Å². The minimum atomic E-state index is -3.17. The number of nitrogens with one attached hydrogen (secondary N) is 1. The molecule has 1 aromatic rings. The van der Waals surface area contributed by atoms with Crippen molar-refractivity contribution < 1.29 is 8.42 Å². The summed E-state index contributed by atoms with van der Waals surface area (Å²) < 4.78 is 24.7. The van der Waals surface area contributed by atoms with E-state index in [0.29, 0.717) is 6.54 Å². The van der Waals surface area contributed by atoms with Gasteiger partial charge in [-0.25, -0.2) is 22.7 Å². The fourth-order valence-corrected chi connectivity index (χ4v) is 3.06. The molecule has 0 aromatic carbocycles. The zero-order valence-electron chi connectivity index (χ0n) is 12.1. The van der Waals surface area contributed by atoms with Gasteiger partial charge in [0, 0.05) is 31.9 Å². The average molecular weight is 298 g/mol. The monoisotopic (exact) mass is 298 g/mol. The van der Waals surface area contributed by atoms with Crippen LogP contribution < -0.4 is 5.32 Å². The van der Waals surface area contributed by atoms with Crippen LogP contribution in [0, 0.1) is 0 Å². The van der Waals surface area contributed by atoms with E-state index in [-0.39, 0.29) is 5.75 Å². The van der Waals surface area contributed by atoms with Gasteiger partial charge in [0.25, 0.3) is 0 Å². The first-order chi connectivity index (χ1) is 9.50. The number of aryl methyl sites for hydroxylation is 1. The van der Waals surface area contributed by atoms with Crippen molar-refractivity contribution in [3.05, 3.63) is 17.6 Å². The van der Waals surface area contributed by atoms with E-state index in [0.717, 1.165) is 36.3 Å². The number of fused-ring (bicyclic) bond motifs is 1. The summed E-state index contributed by atoms with van der Waals surface area (Å²) in [4.78, 5) is 8.61. The van der Waals surface area contributed by atoms with Crippen LogP contribution in [0.2, 0.25) is 0 Å². The standard InChI is InChI=1S/C13H22N4O2S/c1-17(2)20(18,19)9-8-14-13-11-6-4-3-5-7-12(11)15-10-16-13/h10H,3-9H2,1-2H3,(H,14,15,16). The summed E-state index contributed by atoms with van der Waals surface area (Å²) in [5, 5.41) is 3.15. The van der Waals surface area contributed by atoms with Crippen LogP contribution in [0.15, 0.2) is 6.33 Å². The molecule has 7 heteroatoms. The second kappa shape index (κ2) is 6.49. The fraction of sp³-hybridized carbons (Fsp3) is 0.692. The van der Waals surface area contributed by atoms with Gasteiger partial charge in [-0.05, 0) is 25.7 Å². The highest BCUT2D eigenvalue weighted by molar-refractivity contribution is 7.89. The SMILES string of the molecule is CN(C)S(=O)(=O)CCNc1ncnc2c1CCCCC2. The summed E-state index contributed by atoms with van der Waals surface area (Å²) in [6.07, 6.45) is 7.04. The molecule has 20 heavy (non-hydrogen) atoms. The van der Waals surface area contributed by atoms with E-state index in [9.17, 15) is 8.42 Å². The van der Waals surface area contributed by atoms with Crippen molar-refractivity contribution in [3.63, 3.8) is 0 Å². The van der Waals surface area contributed by atoms with E-state index < -0.39 is 10.0 Å². The summed E-state index contributed by atoms with van der Waals surface area (Å²) in [5.41, 5.74) is 2.27. The van der Waals surface area contributed by atoms with E-state index in [4.69, 9.17) is 0 Å². The van der Waals surface area contributed by atoms with Crippen molar-refractivity contribution in [2.45, 2.75) is 32.1 Å². The minimum absolute atomic E-state index is 0.0682. The molecule has 1 N–H and O–H groups in total. The number of sulfonamides is 1. The number of hydrogen-bond donors (Lipinski definition) is 1. The molecule has 112 valence electrons. The second-order valence-corrected chi connectivity index (χ2v) is 7.54. The van der Waals surface area contributed by atoms with Crippen LogP contribution in [-0.2, 0) is 22.9 Å². The molecule has 2 rings (SSSR count). The lowest BCUT2D eigenvalue weighted by atomic mass is 10.1. The lowest BCUT2D eigenvalue weighted by Gasteiger charge is -2.14. The maximum Gasteiger partial charge on any atom is 0.215 e. The first-order valence-corrected chi connectivity index (χ1v) is 8.58. The topological polar surface area (TPSA) is 75.2 Å². The Morgan fingerprint density at radius 2 is 1.95 bits per heavy atom. The Morgan fingerprint density at radius 1 is 1.20 bits per heavy atom. The highest BCUT2D eigenvalue weighted by atomic mass is 32.2. The predicted molar refractivity (Wildman–Crippen MR) is 79.3 cm³/mol. The molecule has 1 aliphatic carbocycles. The van der Waals surface area contributed by atoms with Gasteiger partial charge in [0.2, 0.25) is 10.0 Å². The molecule has 0 spiro atoms. The number of rotatable bonds is 5. The third-order valence-electron chi connectivity index (χ3n) is 3.58. The first-order valence-electron chi connectivity index (χ1n) is 6.97. The number of anilines is 1. The molecule has 1 aliphatic rings. The zero-order valence-corrected chi connectivity index (χ0v) is 12.9. The van der Waals surface area contributed by atoms with E-state index in [1.165, 1.54) is 17.1 Å². The first kappa shape index (κ1) is 15.2. The van der Waals surface area contributed by atoms with Gasteiger partial charge in [-0.15, -0.1) is 0 Å². The van der Waals surface area contributed by atoms with Crippen LogP contribution in [0.4, 0.5) is 5.82 Å². The quantitative estimate of drug-likeness (QED) is 0.822. The van der Waals surface area contributed by atoms with Crippen LogP contribution >= 0.6 is 0 Å². The lowest BCUT2D eigenvalue weighted by Crippen LogP contribution is -2.28. The van der Waals surface area contributed by atoms with Crippen LogP contribution in [0.1, 0.15) is 30.5 Å². The van der Waals surface area contributed by atoms with E-state index in [1.54, 1.807) is 20.4 Å². The number of nitrogens with zero attached hydrogens (tertiary/aromatic N) is 3. The van der Waals surface area contributed by atoms with Crippen molar-refractivity contribution in [2.75, 3.05) is 31.7 Å². The Hall–Kier alpha value is -1.21. The van der Waals surface area contributed by atoms with Gasteiger partial charge in [-0.3, -0.25) is 0 Å². The summed E-state index contributed by atoms with van der Waals surface area (Å²) >= 11 is 0. The van der Waals surface area contributed by atoms with Gasteiger partial charge in [0.15, 0.2) is 0 Å². The zero-order chi connectivity index (χ0) is 14.6.